The van der Waals surface area contributed by atoms with E-state index in [0.717, 1.165) is 0 Å². The van der Waals surface area contributed by atoms with Gasteiger partial charge in [0.15, 0.2) is 0 Å². The zero-order valence-corrected chi connectivity index (χ0v) is 11.5. The highest BCUT2D eigenvalue weighted by molar-refractivity contribution is 5.77. The lowest BCUT2D eigenvalue weighted by Gasteiger charge is -2.29. The summed E-state index contributed by atoms with van der Waals surface area (Å²) in [6, 6.07) is 6.36. The topological polar surface area (TPSA) is 47.6 Å². The molecule has 0 saturated heterocycles. The Morgan fingerprint density at radius 3 is 2.68 bits per heavy atom. The zero-order chi connectivity index (χ0) is 14.3. The van der Waals surface area contributed by atoms with Crippen molar-refractivity contribution in [2.45, 2.75) is 19.4 Å². The maximum Gasteiger partial charge on any atom is 0.246 e. The van der Waals surface area contributed by atoms with E-state index in [1.807, 2.05) is 6.92 Å². The molecule has 1 N–H and O–H groups in total. The van der Waals surface area contributed by atoms with Crippen LogP contribution < -0.4 is 5.32 Å². The van der Waals surface area contributed by atoms with Gasteiger partial charge in [0.2, 0.25) is 5.91 Å². The average Bonchev–Trinajstić information content (AvgIpc) is 2.43. The van der Waals surface area contributed by atoms with Crippen LogP contribution in [0.3, 0.4) is 0 Å². The van der Waals surface area contributed by atoms with E-state index >= 15 is 0 Å². The molecule has 1 rings (SSSR count). The van der Waals surface area contributed by atoms with Gasteiger partial charge in [-0.15, -0.1) is 0 Å². The molecule has 0 fully saturated rings. The first-order valence-corrected chi connectivity index (χ1v) is 6.18. The maximum atomic E-state index is 13.8. The molecule has 0 bridgehead atoms. The zero-order valence-electron chi connectivity index (χ0n) is 11.5. The van der Waals surface area contributed by atoms with Crippen molar-refractivity contribution in [3.63, 3.8) is 0 Å². The van der Waals surface area contributed by atoms with Crippen molar-refractivity contribution in [2.24, 2.45) is 0 Å². The Bertz CT molecular complexity index is 425. The van der Waals surface area contributed by atoms with Gasteiger partial charge in [0, 0.05) is 19.3 Å². The van der Waals surface area contributed by atoms with Gasteiger partial charge >= 0.3 is 0 Å². The Balaban J connectivity index is 2.71. The third kappa shape index (κ3) is 4.29. The lowest BCUT2D eigenvalue weighted by Crippen LogP contribution is -2.41. The molecule has 4 nitrogen and oxygen atoms in total. The first-order valence-electron chi connectivity index (χ1n) is 6.18. The minimum Gasteiger partial charge on any atom is -0.372 e. The van der Waals surface area contributed by atoms with E-state index < -0.39 is 5.60 Å². The summed E-state index contributed by atoms with van der Waals surface area (Å²) < 4.78 is 24.1. The fourth-order valence-electron chi connectivity index (χ4n) is 1.68. The Morgan fingerprint density at radius 1 is 1.42 bits per heavy atom. The van der Waals surface area contributed by atoms with Crippen molar-refractivity contribution in [1.29, 1.82) is 0 Å². The fraction of sp³-hybridized carbons (Fsp3) is 0.500. The number of halogens is 1. The summed E-state index contributed by atoms with van der Waals surface area (Å²) in [7, 11) is 1.49. The van der Waals surface area contributed by atoms with Crippen LogP contribution >= 0.6 is 0 Å². The van der Waals surface area contributed by atoms with Crippen molar-refractivity contribution in [2.75, 3.05) is 26.9 Å². The summed E-state index contributed by atoms with van der Waals surface area (Å²) >= 11 is 0. The molecule has 0 saturated carbocycles. The minimum atomic E-state index is -0.910. The van der Waals surface area contributed by atoms with Gasteiger partial charge in [0.05, 0.1) is 6.54 Å². The molecule has 1 aromatic rings. The number of amides is 1. The first-order chi connectivity index (χ1) is 9.03. The van der Waals surface area contributed by atoms with Crippen LogP contribution in [0.25, 0.3) is 0 Å². The molecule has 1 amide bonds. The van der Waals surface area contributed by atoms with Gasteiger partial charge in [-0.1, -0.05) is 18.2 Å². The number of carbonyl (C=O) groups is 1. The van der Waals surface area contributed by atoms with Crippen LogP contribution in [0.2, 0.25) is 0 Å². The number of carbonyl (C=O) groups excluding carboxylic acids is 1. The number of ether oxygens (including phenoxy) is 2. The molecule has 0 aliphatic heterocycles. The van der Waals surface area contributed by atoms with Crippen LogP contribution in [0, 0.1) is 5.82 Å². The Hall–Kier alpha value is -1.46. The second kappa shape index (κ2) is 7.21. The van der Waals surface area contributed by atoms with Crippen LogP contribution in [0.1, 0.15) is 19.4 Å². The standard InChI is InChI=1S/C14H20FNO3/c1-4-19-9-13(17)16-10-14(2,18-3)11-7-5-6-8-12(11)15/h5-8H,4,9-10H2,1-3H3,(H,16,17). The highest BCUT2D eigenvalue weighted by atomic mass is 19.1. The number of benzene rings is 1. The average molecular weight is 269 g/mol. The highest BCUT2D eigenvalue weighted by Gasteiger charge is 2.29. The van der Waals surface area contributed by atoms with Crippen LogP contribution in [0.15, 0.2) is 24.3 Å². The monoisotopic (exact) mass is 269 g/mol. The van der Waals surface area contributed by atoms with Gasteiger partial charge in [0.1, 0.15) is 18.0 Å². The molecule has 0 radical (unpaired) electrons. The van der Waals surface area contributed by atoms with E-state index in [1.165, 1.54) is 13.2 Å². The summed E-state index contributed by atoms with van der Waals surface area (Å²) in [6.07, 6.45) is 0. The van der Waals surface area contributed by atoms with Crippen molar-refractivity contribution < 1.29 is 18.7 Å². The smallest absolute Gasteiger partial charge is 0.246 e. The normalized spacial score (nSPS) is 13.9. The van der Waals surface area contributed by atoms with Gasteiger partial charge in [-0.2, -0.15) is 0 Å². The molecule has 19 heavy (non-hydrogen) atoms. The third-order valence-electron chi connectivity index (χ3n) is 2.95. The van der Waals surface area contributed by atoms with Gasteiger partial charge in [-0.05, 0) is 19.9 Å². The van der Waals surface area contributed by atoms with Gasteiger partial charge in [-0.3, -0.25) is 4.79 Å². The van der Waals surface area contributed by atoms with Crippen molar-refractivity contribution in [1.82, 2.24) is 5.32 Å². The van der Waals surface area contributed by atoms with Crippen molar-refractivity contribution in [3.8, 4) is 0 Å². The fourth-order valence-corrected chi connectivity index (χ4v) is 1.68. The van der Waals surface area contributed by atoms with Crippen molar-refractivity contribution >= 4 is 5.91 Å². The van der Waals surface area contributed by atoms with E-state index in [9.17, 15) is 9.18 Å². The molecule has 106 valence electrons. The summed E-state index contributed by atoms with van der Waals surface area (Å²) in [5.41, 5.74) is -0.498. The second-order valence-electron chi connectivity index (χ2n) is 4.33. The summed E-state index contributed by atoms with van der Waals surface area (Å²) in [6.45, 7) is 4.18. The minimum absolute atomic E-state index is 0.00638. The van der Waals surface area contributed by atoms with E-state index in [0.29, 0.717) is 12.2 Å². The van der Waals surface area contributed by atoms with Gasteiger partial charge < -0.3 is 14.8 Å². The third-order valence-corrected chi connectivity index (χ3v) is 2.95. The molecule has 5 heteroatoms. The molecule has 1 aromatic carbocycles. The number of rotatable bonds is 7. The molecule has 0 aliphatic rings. The Kier molecular flexibility index (Phi) is 5.92. The molecule has 0 spiro atoms. The van der Waals surface area contributed by atoms with E-state index in [2.05, 4.69) is 5.32 Å². The predicted octanol–water partition coefficient (Wildman–Crippen LogP) is 1.84. The summed E-state index contributed by atoms with van der Waals surface area (Å²) in [5.74, 6) is -0.604. The SMILES string of the molecule is CCOCC(=O)NCC(C)(OC)c1ccccc1F. The maximum absolute atomic E-state index is 13.8. The van der Waals surface area contributed by atoms with E-state index in [-0.39, 0.29) is 24.9 Å². The second-order valence-corrected chi connectivity index (χ2v) is 4.33. The molecule has 1 atom stereocenters. The van der Waals surface area contributed by atoms with E-state index in [4.69, 9.17) is 9.47 Å². The lowest BCUT2D eigenvalue weighted by molar-refractivity contribution is -0.127. The molecular weight excluding hydrogens is 249 g/mol. The van der Waals surface area contributed by atoms with Gasteiger partial charge in [0.25, 0.3) is 0 Å². The number of nitrogens with one attached hydrogen (secondary N) is 1. The van der Waals surface area contributed by atoms with E-state index in [1.54, 1.807) is 25.1 Å². The number of hydrogen-bond donors (Lipinski definition) is 1. The highest BCUT2D eigenvalue weighted by Crippen LogP contribution is 2.26. The van der Waals surface area contributed by atoms with Gasteiger partial charge in [-0.25, -0.2) is 4.39 Å². The summed E-state index contributed by atoms with van der Waals surface area (Å²) in [4.78, 5) is 11.5. The van der Waals surface area contributed by atoms with Crippen LogP contribution in [-0.4, -0.2) is 32.8 Å². The first kappa shape index (κ1) is 15.6. The molecule has 0 heterocycles. The molecular formula is C14H20FNO3. The van der Waals surface area contributed by atoms with Crippen molar-refractivity contribution in [3.05, 3.63) is 35.6 Å². The molecule has 0 aromatic heterocycles. The Labute approximate surface area is 112 Å². The molecule has 1 unspecified atom stereocenters. The number of hydrogen-bond acceptors (Lipinski definition) is 3. The predicted molar refractivity (Wildman–Crippen MR) is 70.3 cm³/mol. The van der Waals surface area contributed by atoms with Crippen LogP contribution in [0.5, 0.6) is 0 Å². The Morgan fingerprint density at radius 2 is 2.11 bits per heavy atom. The quantitative estimate of drug-likeness (QED) is 0.821. The number of methoxy groups -OCH3 is 1. The molecule has 0 aliphatic carbocycles. The summed E-state index contributed by atoms with van der Waals surface area (Å²) in [5, 5.41) is 2.68. The largest absolute Gasteiger partial charge is 0.372 e. The lowest BCUT2D eigenvalue weighted by atomic mass is 9.95. The van der Waals surface area contributed by atoms with Crippen LogP contribution in [-0.2, 0) is 19.9 Å². The van der Waals surface area contributed by atoms with Crippen LogP contribution in [0.4, 0.5) is 4.39 Å².